The van der Waals surface area contributed by atoms with Crippen molar-refractivity contribution in [3.8, 4) is 11.3 Å². The summed E-state index contributed by atoms with van der Waals surface area (Å²) in [6.07, 6.45) is 0. The van der Waals surface area contributed by atoms with E-state index in [0.717, 1.165) is 27.3 Å². The lowest BCUT2D eigenvalue weighted by atomic mass is 10.2. The molecular formula is C11H12N2S2. The average molecular weight is 236 g/mol. The van der Waals surface area contributed by atoms with Crippen LogP contribution >= 0.6 is 23.6 Å². The van der Waals surface area contributed by atoms with Crippen LogP contribution in [-0.2, 0) is 0 Å². The van der Waals surface area contributed by atoms with E-state index < -0.39 is 0 Å². The van der Waals surface area contributed by atoms with Crippen molar-refractivity contribution in [2.75, 3.05) is 0 Å². The zero-order valence-electron chi connectivity index (χ0n) is 8.92. The molecular weight excluding hydrogens is 224 g/mol. The molecule has 0 atom stereocenters. The zero-order chi connectivity index (χ0) is 11.0. The number of rotatable bonds is 1. The number of nitrogens with zero attached hydrogens (tertiary/aromatic N) is 1. The van der Waals surface area contributed by atoms with Crippen molar-refractivity contribution in [2.45, 2.75) is 20.8 Å². The van der Waals surface area contributed by atoms with Crippen molar-refractivity contribution in [1.82, 2.24) is 9.97 Å². The highest BCUT2D eigenvalue weighted by Gasteiger charge is 2.06. The van der Waals surface area contributed by atoms with Crippen molar-refractivity contribution in [1.29, 1.82) is 0 Å². The topological polar surface area (TPSA) is 28.7 Å². The van der Waals surface area contributed by atoms with Gasteiger partial charge >= 0.3 is 0 Å². The van der Waals surface area contributed by atoms with Crippen molar-refractivity contribution in [3.63, 3.8) is 0 Å². The Morgan fingerprint density at radius 1 is 1.33 bits per heavy atom. The van der Waals surface area contributed by atoms with Gasteiger partial charge in [0, 0.05) is 21.5 Å². The third-order valence-corrected chi connectivity index (χ3v) is 3.50. The average Bonchev–Trinajstić information content (AvgIpc) is 2.58. The number of hydrogen-bond acceptors (Lipinski definition) is 3. The van der Waals surface area contributed by atoms with Crippen molar-refractivity contribution in [3.05, 3.63) is 32.4 Å². The summed E-state index contributed by atoms with van der Waals surface area (Å²) in [6.45, 7) is 6.06. The molecule has 0 aliphatic heterocycles. The molecule has 2 heterocycles. The molecule has 0 unspecified atom stereocenters. The first kappa shape index (κ1) is 10.5. The van der Waals surface area contributed by atoms with Crippen LogP contribution in [0, 0.1) is 25.4 Å². The van der Waals surface area contributed by atoms with Crippen LogP contribution in [-0.4, -0.2) is 9.97 Å². The highest BCUT2D eigenvalue weighted by atomic mass is 32.1. The van der Waals surface area contributed by atoms with Gasteiger partial charge < -0.3 is 4.98 Å². The smallest absolute Gasteiger partial charge is 0.130 e. The van der Waals surface area contributed by atoms with Crippen LogP contribution in [0.3, 0.4) is 0 Å². The summed E-state index contributed by atoms with van der Waals surface area (Å²) in [5, 5.41) is 2.09. The molecule has 0 saturated carbocycles. The molecule has 15 heavy (non-hydrogen) atoms. The van der Waals surface area contributed by atoms with Crippen molar-refractivity contribution in [2.24, 2.45) is 0 Å². The van der Waals surface area contributed by atoms with Crippen molar-refractivity contribution >= 4 is 23.6 Å². The summed E-state index contributed by atoms with van der Waals surface area (Å²) in [5.74, 6) is 0. The maximum Gasteiger partial charge on any atom is 0.130 e. The van der Waals surface area contributed by atoms with Crippen LogP contribution in [0.15, 0.2) is 11.4 Å². The fourth-order valence-electron chi connectivity index (χ4n) is 1.39. The van der Waals surface area contributed by atoms with Crippen LogP contribution in [0.5, 0.6) is 0 Å². The molecule has 0 bridgehead atoms. The van der Waals surface area contributed by atoms with Crippen LogP contribution in [0.25, 0.3) is 11.3 Å². The standard InChI is InChI=1S/C11H12N2S2/c1-6-4-9(5-15-6)10-11(14)13-8(3)7(2)12-10/h4-5H,1-3H3,(H,13,14). The van der Waals surface area contributed by atoms with E-state index in [9.17, 15) is 0 Å². The van der Waals surface area contributed by atoms with Gasteiger partial charge in [-0.2, -0.15) is 0 Å². The molecule has 0 spiro atoms. The van der Waals surface area contributed by atoms with E-state index in [-0.39, 0.29) is 0 Å². The monoisotopic (exact) mass is 236 g/mol. The number of aromatic amines is 1. The van der Waals surface area contributed by atoms with Gasteiger partial charge in [0.2, 0.25) is 0 Å². The fourth-order valence-corrected chi connectivity index (χ4v) is 2.39. The van der Waals surface area contributed by atoms with Gasteiger partial charge in [0.25, 0.3) is 0 Å². The van der Waals surface area contributed by atoms with E-state index in [2.05, 4.69) is 28.3 Å². The second-order valence-electron chi connectivity index (χ2n) is 3.57. The van der Waals surface area contributed by atoms with E-state index in [1.165, 1.54) is 4.88 Å². The maximum atomic E-state index is 5.28. The zero-order valence-corrected chi connectivity index (χ0v) is 10.6. The highest BCUT2D eigenvalue weighted by Crippen LogP contribution is 2.24. The summed E-state index contributed by atoms with van der Waals surface area (Å²) < 4.78 is 0.718. The van der Waals surface area contributed by atoms with Gasteiger partial charge in [-0.15, -0.1) is 11.3 Å². The Balaban J connectivity index is 2.63. The first-order valence-corrected chi connectivity index (χ1v) is 6.00. The minimum absolute atomic E-state index is 0.718. The first-order chi connectivity index (χ1) is 7.08. The Labute approximate surface area is 98.0 Å². The minimum atomic E-state index is 0.718. The SMILES string of the molecule is Cc1cc(-c2nc(C)c(C)[nH]c2=S)cs1. The molecule has 78 valence electrons. The van der Waals surface area contributed by atoms with Gasteiger partial charge in [0.05, 0.1) is 5.69 Å². The Kier molecular flexibility index (Phi) is 2.71. The molecule has 4 heteroatoms. The van der Waals surface area contributed by atoms with Gasteiger partial charge in [-0.1, -0.05) is 12.2 Å². The molecule has 2 aromatic heterocycles. The lowest BCUT2D eigenvalue weighted by Crippen LogP contribution is -1.95. The normalized spacial score (nSPS) is 10.6. The Hall–Kier alpha value is -1.00. The van der Waals surface area contributed by atoms with E-state index in [1.54, 1.807) is 11.3 Å². The number of aryl methyl sites for hydroxylation is 3. The van der Waals surface area contributed by atoms with Gasteiger partial charge in [0.15, 0.2) is 0 Å². The molecule has 0 saturated heterocycles. The molecule has 2 nitrogen and oxygen atoms in total. The van der Waals surface area contributed by atoms with Gasteiger partial charge in [0.1, 0.15) is 10.3 Å². The van der Waals surface area contributed by atoms with Gasteiger partial charge in [-0.25, -0.2) is 4.98 Å². The first-order valence-electron chi connectivity index (χ1n) is 4.71. The quantitative estimate of drug-likeness (QED) is 0.763. The molecule has 0 aromatic carbocycles. The summed E-state index contributed by atoms with van der Waals surface area (Å²) in [7, 11) is 0. The van der Waals surface area contributed by atoms with Crippen LogP contribution in [0.2, 0.25) is 0 Å². The Bertz CT molecular complexity index is 552. The molecule has 0 amide bonds. The van der Waals surface area contributed by atoms with Gasteiger partial charge in [-0.05, 0) is 26.8 Å². The maximum absolute atomic E-state index is 5.28. The van der Waals surface area contributed by atoms with Crippen LogP contribution < -0.4 is 0 Å². The predicted octanol–water partition coefficient (Wildman–Crippen LogP) is 3.79. The number of aromatic nitrogens is 2. The number of nitrogens with one attached hydrogen (secondary N) is 1. The molecule has 2 aromatic rings. The second-order valence-corrected chi connectivity index (χ2v) is 5.09. The summed E-state index contributed by atoms with van der Waals surface area (Å²) in [5.41, 5.74) is 4.04. The third kappa shape index (κ3) is 2.01. The molecule has 1 N–H and O–H groups in total. The van der Waals surface area contributed by atoms with E-state index in [1.807, 2.05) is 13.8 Å². The number of thiophene rings is 1. The van der Waals surface area contributed by atoms with E-state index in [0.29, 0.717) is 0 Å². The number of hydrogen-bond donors (Lipinski definition) is 1. The lowest BCUT2D eigenvalue weighted by Gasteiger charge is -2.03. The summed E-state index contributed by atoms with van der Waals surface area (Å²) in [6, 6.07) is 2.12. The summed E-state index contributed by atoms with van der Waals surface area (Å²) in [4.78, 5) is 8.98. The van der Waals surface area contributed by atoms with E-state index >= 15 is 0 Å². The minimum Gasteiger partial charge on any atom is -0.347 e. The molecule has 2 rings (SSSR count). The highest BCUT2D eigenvalue weighted by molar-refractivity contribution is 7.71. The van der Waals surface area contributed by atoms with Crippen molar-refractivity contribution < 1.29 is 0 Å². The lowest BCUT2D eigenvalue weighted by molar-refractivity contribution is 1.04. The second kappa shape index (κ2) is 3.87. The van der Waals surface area contributed by atoms with Crippen LogP contribution in [0.4, 0.5) is 0 Å². The van der Waals surface area contributed by atoms with Gasteiger partial charge in [-0.3, -0.25) is 0 Å². The molecule has 0 aliphatic rings. The Morgan fingerprint density at radius 2 is 2.07 bits per heavy atom. The van der Waals surface area contributed by atoms with Crippen LogP contribution in [0.1, 0.15) is 16.3 Å². The molecule has 0 aliphatic carbocycles. The Morgan fingerprint density at radius 3 is 2.67 bits per heavy atom. The van der Waals surface area contributed by atoms with E-state index in [4.69, 9.17) is 12.2 Å². The largest absolute Gasteiger partial charge is 0.347 e. The fraction of sp³-hybridized carbons (Fsp3) is 0.273. The predicted molar refractivity (Wildman–Crippen MR) is 66.9 cm³/mol. The third-order valence-electron chi connectivity index (χ3n) is 2.34. The number of H-pyrrole nitrogens is 1. The molecule has 0 fully saturated rings. The summed E-state index contributed by atoms with van der Waals surface area (Å²) >= 11 is 6.99. The molecule has 0 radical (unpaired) electrons.